The molecule has 0 aliphatic carbocycles. The number of benzene rings is 2. The van der Waals surface area contributed by atoms with Crippen molar-refractivity contribution in [2.75, 3.05) is 5.32 Å². The van der Waals surface area contributed by atoms with E-state index in [4.69, 9.17) is 11.6 Å². The van der Waals surface area contributed by atoms with Crippen molar-refractivity contribution in [1.82, 2.24) is 29.5 Å². The van der Waals surface area contributed by atoms with Gasteiger partial charge in [-0.3, -0.25) is 14.6 Å². The second-order valence-corrected chi connectivity index (χ2v) is 7.50. The van der Waals surface area contributed by atoms with Gasteiger partial charge in [0.05, 0.1) is 17.6 Å². The molecule has 1 amide bonds. The summed E-state index contributed by atoms with van der Waals surface area (Å²) in [6.45, 7) is 1.78. The molecular weight excluding hydrogens is 430 g/mol. The van der Waals surface area contributed by atoms with Crippen molar-refractivity contribution in [2.45, 2.75) is 6.92 Å². The highest BCUT2D eigenvalue weighted by molar-refractivity contribution is 6.30. The van der Waals surface area contributed by atoms with Crippen molar-refractivity contribution in [3.8, 4) is 11.6 Å². The monoisotopic (exact) mass is 445 g/mol. The Morgan fingerprint density at radius 3 is 2.56 bits per heavy atom. The van der Waals surface area contributed by atoms with Gasteiger partial charge in [0.1, 0.15) is 11.2 Å². The minimum absolute atomic E-state index is 0.152. The molecule has 3 aromatic heterocycles. The van der Waals surface area contributed by atoms with E-state index in [2.05, 4.69) is 25.5 Å². The van der Waals surface area contributed by atoms with E-state index in [1.165, 1.54) is 10.9 Å². The number of aromatic amines is 1. The summed E-state index contributed by atoms with van der Waals surface area (Å²) < 4.78 is 2.96. The maximum Gasteiger partial charge on any atom is 0.263 e. The normalized spacial score (nSPS) is 11.1. The van der Waals surface area contributed by atoms with Crippen LogP contribution in [0.15, 0.2) is 71.7 Å². The van der Waals surface area contributed by atoms with Crippen LogP contribution in [0.25, 0.3) is 22.7 Å². The first kappa shape index (κ1) is 19.7. The zero-order chi connectivity index (χ0) is 22.2. The van der Waals surface area contributed by atoms with Gasteiger partial charge in [-0.2, -0.15) is 19.9 Å². The average Bonchev–Trinajstić information content (AvgIpc) is 3.38. The predicted octanol–water partition coefficient (Wildman–Crippen LogP) is 3.51. The number of fused-ring (bicyclic) bond motifs is 1. The number of hydrogen-bond donors (Lipinski definition) is 2. The van der Waals surface area contributed by atoms with Crippen LogP contribution in [0.4, 0.5) is 5.82 Å². The second kappa shape index (κ2) is 7.78. The molecule has 0 bridgehead atoms. The SMILES string of the molecule is Cc1cc(NC(=O)c2ccc(Cl)cc2)n(-c2nc3c(cnn3-c3ccccc3)c(=O)[nH]2)n1. The minimum atomic E-state index is -0.365. The first-order valence-electron chi connectivity index (χ1n) is 9.67. The summed E-state index contributed by atoms with van der Waals surface area (Å²) >= 11 is 5.90. The topological polar surface area (TPSA) is 110 Å². The van der Waals surface area contributed by atoms with Crippen molar-refractivity contribution in [3.63, 3.8) is 0 Å². The van der Waals surface area contributed by atoms with E-state index in [1.54, 1.807) is 41.9 Å². The molecule has 3 heterocycles. The Bertz CT molecular complexity index is 1500. The number of halogens is 1. The molecule has 2 N–H and O–H groups in total. The van der Waals surface area contributed by atoms with Crippen molar-refractivity contribution in [3.05, 3.63) is 93.5 Å². The summed E-state index contributed by atoms with van der Waals surface area (Å²) in [5, 5.41) is 12.4. The van der Waals surface area contributed by atoms with E-state index in [1.807, 2.05) is 30.3 Å². The Kier molecular flexibility index (Phi) is 4.79. The first-order chi connectivity index (χ1) is 15.5. The lowest BCUT2D eigenvalue weighted by atomic mass is 10.2. The van der Waals surface area contributed by atoms with E-state index in [-0.39, 0.29) is 17.4 Å². The third kappa shape index (κ3) is 3.54. The van der Waals surface area contributed by atoms with Gasteiger partial charge in [-0.05, 0) is 43.3 Å². The van der Waals surface area contributed by atoms with Crippen LogP contribution in [-0.2, 0) is 0 Å². The van der Waals surface area contributed by atoms with Crippen molar-refractivity contribution in [1.29, 1.82) is 0 Å². The number of H-pyrrole nitrogens is 1. The van der Waals surface area contributed by atoms with E-state index in [0.717, 1.165) is 5.69 Å². The van der Waals surface area contributed by atoms with E-state index in [9.17, 15) is 9.59 Å². The summed E-state index contributed by atoms with van der Waals surface area (Å²) in [5.74, 6) is 0.163. The van der Waals surface area contributed by atoms with Gasteiger partial charge in [0.2, 0.25) is 5.95 Å². The third-order valence-corrected chi connectivity index (χ3v) is 5.06. The quantitative estimate of drug-likeness (QED) is 0.440. The number of aromatic nitrogens is 6. The Morgan fingerprint density at radius 1 is 1.06 bits per heavy atom. The van der Waals surface area contributed by atoms with Gasteiger partial charge in [-0.25, -0.2) is 4.68 Å². The van der Waals surface area contributed by atoms with Crippen molar-refractivity contribution >= 4 is 34.4 Å². The number of amides is 1. The van der Waals surface area contributed by atoms with E-state index >= 15 is 0 Å². The molecule has 0 radical (unpaired) electrons. The molecule has 0 saturated heterocycles. The first-order valence-corrected chi connectivity index (χ1v) is 10.0. The second-order valence-electron chi connectivity index (χ2n) is 7.06. The highest BCUT2D eigenvalue weighted by Crippen LogP contribution is 2.19. The summed E-state index contributed by atoms with van der Waals surface area (Å²) in [4.78, 5) is 32.7. The fourth-order valence-electron chi connectivity index (χ4n) is 3.31. The number of anilines is 1. The fourth-order valence-corrected chi connectivity index (χ4v) is 3.43. The molecular formula is C22H16ClN7O2. The van der Waals surface area contributed by atoms with Crippen LogP contribution < -0.4 is 10.9 Å². The van der Waals surface area contributed by atoms with Crippen LogP contribution in [0.5, 0.6) is 0 Å². The lowest BCUT2D eigenvalue weighted by Gasteiger charge is -2.09. The Balaban J connectivity index is 1.58. The predicted molar refractivity (Wildman–Crippen MR) is 121 cm³/mol. The molecule has 0 aliphatic heterocycles. The number of carbonyl (C=O) groups excluding carboxylic acids is 1. The molecule has 5 aromatic rings. The van der Waals surface area contributed by atoms with Crippen molar-refractivity contribution < 1.29 is 4.79 Å². The van der Waals surface area contributed by atoms with Crippen LogP contribution in [0, 0.1) is 6.92 Å². The molecule has 2 aromatic carbocycles. The van der Waals surface area contributed by atoms with Gasteiger partial charge in [0.25, 0.3) is 11.5 Å². The van der Waals surface area contributed by atoms with E-state index in [0.29, 0.717) is 33.1 Å². The molecule has 0 spiro atoms. The number of para-hydroxylation sites is 1. The highest BCUT2D eigenvalue weighted by Gasteiger charge is 2.17. The Hall–Kier alpha value is -4.24. The van der Waals surface area contributed by atoms with Crippen molar-refractivity contribution in [2.24, 2.45) is 0 Å². The largest absolute Gasteiger partial charge is 0.306 e. The molecule has 32 heavy (non-hydrogen) atoms. The molecule has 5 rings (SSSR count). The summed E-state index contributed by atoms with van der Waals surface area (Å²) in [5.41, 5.74) is 1.84. The van der Waals surface area contributed by atoms with Gasteiger partial charge < -0.3 is 5.32 Å². The number of carbonyl (C=O) groups is 1. The Labute approximate surface area is 186 Å². The van der Waals surface area contributed by atoms with Crippen LogP contribution in [0.2, 0.25) is 5.02 Å². The van der Waals surface area contributed by atoms with Crippen LogP contribution in [0.3, 0.4) is 0 Å². The minimum Gasteiger partial charge on any atom is -0.306 e. The number of nitrogens with zero attached hydrogens (tertiary/aromatic N) is 5. The number of rotatable bonds is 4. The molecule has 0 aliphatic rings. The van der Waals surface area contributed by atoms with Crippen LogP contribution in [0.1, 0.15) is 16.1 Å². The van der Waals surface area contributed by atoms with Crippen LogP contribution >= 0.6 is 11.6 Å². The lowest BCUT2D eigenvalue weighted by molar-refractivity contribution is 0.102. The van der Waals surface area contributed by atoms with Gasteiger partial charge in [-0.15, -0.1) is 0 Å². The summed E-state index contributed by atoms with van der Waals surface area (Å²) in [6.07, 6.45) is 1.47. The molecule has 10 heteroatoms. The molecule has 9 nitrogen and oxygen atoms in total. The molecule has 158 valence electrons. The lowest BCUT2D eigenvalue weighted by Crippen LogP contribution is -2.19. The van der Waals surface area contributed by atoms with Gasteiger partial charge in [0, 0.05) is 16.7 Å². The Morgan fingerprint density at radius 2 is 1.81 bits per heavy atom. The number of aryl methyl sites for hydroxylation is 1. The maximum absolute atomic E-state index is 12.7. The molecule has 0 fully saturated rings. The smallest absolute Gasteiger partial charge is 0.263 e. The van der Waals surface area contributed by atoms with Crippen LogP contribution in [-0.4, -0.2) is 35.4 Å². The fraction of sp³-hybridized carbons (Fsp3) is 0.0455. The summed E-state index contributed by atoms with van der Waals surface area (Å²) in [6, 6.07) is 17.6. The standard InChI is InChI=1S/C22H16ClN7O2/c1-13-11-18(25-20(31)14-7-9-15(23)10-8-14)30(28-13)22-26-19-17(21(32)27-22)12-24-29(19)16-5-3-2-4-6-16/h2-12H,1H3,(H,25,31)(H,26,27,32). The molecule has 0 saturated carbocycles. The molecule has 0 unspecified atom stereocenters. The van der Waals surface area contributed by atoms with Gasteiger partial charge >= 0.3 is 0 Å². The van der Waals surface area contributed by atoms with Gasteiger partial charge in [-0.1, -0.05) is 29.8 Å². The highest BCUT2D eigenvalue weighted by atomic mass is 35.5. The van der Waals surface area contributed by atoms with Gasteiger partial charge in [0.15, 0.2) is 5.65 Å². The number of hydrogen-bond acceptors (Lipinski definition) is 5. The number of nitrogens with one attached hydrogen (secondary N) is 2. The van der Waals surface area contributed by atoms with E-state index < -0.39 is 0 Å². The third-order valence-electron chi connectivity index (χ3n) is 4.81. The average molecular weight is 446 g/mol. The maximum atomic E-state index is 12.7. The zero-order valence-electron chi connectivity index (χ0n) is 16.8. The summed E-state index contributed by atoms with van der Waals surface area (Å²) in [7, 11) is 0. The molecule has 0 atom stereocenters. The zero-order valence-corrected chi connectivity index (χ0v) is 17.5.